The van der Waals surface area contributed by atoms with Gasteiger partial charge in [0.05, 0.1) is 0 Å². The van der Waals surface area contributed by atoms with Crippen molar-refractivity contribution in [1.82, 2.24) is 5.32 Å². The smallest absolute Gasteiger partial charge is 0.0465 e. The maximum absolute atomic E-state index is 5.25. The molecule has 1 rings (SSSR count). The Morgan fingerprint density at radius 2 is 1.63 bits per heavy atom. The molecule has 1 aliphatic rings. The molecule has 2 nitrogen and oxygen atoms in total. The fraction of sp³-hybridized carbons (Fsp3) is 1.00. The van der Waals surface area contributed by atoms with Crippen molar-refractivity contribution in [2.24, 2.45) is 23.7 Å². The molecule has 0 bridgehead atoms. The van der Waals surface area contributed by atoms with Gasteiger partial charge in [0, 0.05) is 19.8 Å². The monoisotopic (exact) mass is 269 g/mol. The molecule has 2 unspecified atom stereocenters. The predicted octanol–water partition coefficient (Wildman–Crippen LogP) is 4.10. The van der Waals surface area contributed by atoms with Gasteiger partial charge in [0.1, 0.15) is 0 Å². The molecule has 0 spiro atoms. The minimum Gasteiger partial charge on any atom is -0.385 e. The number of nitrogens with one attached hydrogen (secondary N) is 1. The van der Waals surface area contributed by atoms with Crippen molar-refractivity contribution in [2.75, 3.05) is 20.3 Å². The van der Waals surface area contributed by atoms with Gasteiger partial charge in [-0.25, -0.2) is 0 Å². The molecule has 0 amide bonds. The summed E-state index contributed by atoms with van der Waals surface area (Å²) in [5, 5.41) is 3.75. The lowest BCUT2D eigenvalue weighted by molar-refractivity contribution is 0.131. The van der Waals surface area contributed by atoms with E-state index in [1.165, 1.54) is 32.1 Å². The van der Waals surface area contributed by atoms with E-state index in [9.17, 15) is 0 Å². The zero-order valence-electron chi connectivity index (χ0n) is 13.7. The lowest BCUT2D eigenvalue weighted by Crippen LogP contribution is -2.43. The van der Waals surface area contributed by atoms with Gasteiger partial charge in [-0.05, 0) is 62.3 Å². The summed E-state index contributed by atoms with van der Waals surface area (Å²) in [5.74, 6) is 3.43. The predicted molar refractivity (Wildman–Crippen MR) is 83.4 cm³/mol. The van der Waals surface area contributed by atoms with Gasteiger partial charge in [-0.15, -0.1) is 0 Å². The van der Waals surface area contributed by atoms with Gasteiger partial charge < -0.3 is 10.1 Å². The van der Waals surface area contributed by atoms with Crippen LogP contribution in [0, 0.1) is 23.7 Å². The average molecular weight is 269 g/mol. The van der Waals surface area contributed by atoms with Gasteiger partial charge in [0.2, 0.25) is 0 Å². The van der Waals surface area contributed by atoms with E-state index in [1.54, 1.807) is 0 Å². The third kappa shape index (κ3) is 5.43. The standard InChI is InChI=1S/C17H35NO/c1-6-18-17(14(4)11-12-19-5)16-9-7-15(8-10-16)13(2)3/h13-18H,6-12H2,1-5H3. The second kappa shape index (κ2) is 8.97. The highest BCUT2D eigenvalue weighted by Crippen LogP contribution is 2.36. The Balaban J connectivity index is 2.48. The first-order valence-corrected chi connectivity index (χ1v) is 8.32. The zero-order chi connectivity index (χ0) is 14.3. The summed E-state index contributed by atoms with van der Waals surface area (Å²) < 4.78 is 5.25. The van der Waals surface area contributed by atoms with Crippen molar-refractivity contribution in [3.63, 3.8) is 0 Å². The maximum Gasteiger partial charge on any atom is 0.0465 e. The molecule has 0 radical (unpaired) electrons. The highest BCUT2D eigenvalue weighted by molar-refractivity contribution is 4.85. The Hall–Kier alpha value is -0.0800. The van der Waals surface area contributed by atoms with Crippen molar-refractivity contribution in [1.29, 1.82) is 0 Å². The average Bonchev–Trinajstić information content (AvgIpc) is 2.42. The van der Waals surface area contributed by atoms with E-state index in [4.69, 9.17) is 4.74 Å². The van der Waals surface area contributed by atoms with Crippen LogP contribution in [-0.2, 0) is 4.74 Å². The molecule has 114 valence electrons. The van der Waals surface area contributed by atoms with Crippen molar-refractivity contribution < 1.29 is 4.74 Å². The summed E-state index contributed by atoms with van der Waals surface area (Å²) in [6.45, 7) is 11.4. The van der Waals surface area contributed by atoms with Crippen LogP contribution in [-0.4, -0.2) is 26.3 Å². The van der Waals surface area contributed by atoms with E-state index in [0.29, 0.717) is 6.04 Å². The van der Waals surface area contributed by atoms with Crippen LogP contribution in [0.2, 0.25) is 0 Å². The zero-order valence-corrected chi connectivity index (χ0v) is 13.7. The third-order valence-corrected chi connectivity index (χ3v) is 5.10. The topological polar surface area (TPSA) is 21.3 Å². The third-order valence-electron chi connectivity index (χ3n) is 5.10. The van der Waals surface area contributed by atoms with E-state index < -0.39 is 0 Å². The minimum absolute atomic E-state index is 0.688. The van der Waals surface area contributed by atoms with Crippen molar-refractivity contribution >= 4 is 0 Å². The van der Waals surface area contributed by atoms with Crippen molar-refractivity contribution in [3.05, 3.63) is 0 Å². The van der Waals surface area contributed by atoms with Crippen LogP contribution in [0.1, 0.15) is 59.8 Å². The van der Waals surface area contributed by atoms with E-state index in [-0.39, 0.29) is 0 Å². The lowest BCUT2D eigenvalue weighted by atomic mass is 9.72. The summed E-state index contributed by atoms with van der Waals surface area (Å²) in [4.78, 5) is 0. The second-order valence-corrected chi connectivity index (χ2v) is 6.76. The maximum atomic E-state index is 5.25. The van der Waals surface area contributed by atoms with Crippen molar-refractivity contribution in [2.45, 2.75) is 65.8 Å². The van der Waals surface area contributed by atoms with Gasteiger partial charge >= 0.3 is 0 Å². The highest BCUT2D eigenvalue weighted by atomic mass is 16.5. The molecular weight excluding hydrogens is 234 g/mol. The first-order valence-electron chi connectivity index (χ1n) is 8.32. The number of ether oxygens (including phenoxy) is 1. The van der Waals surface area contributed by atoms with Crippen LogP contribution in [0.3, 0.4) is 0 Å². The van der Waals surface area contributed by atoms with Crippen LogP contribution in [0.4, 0.5) is 0 Å². The molecule has 1 N–H and O–H groups in total. The number of hydrogen-bond donors (Lipinski definition) is 1. The molecule has 19 heavy (non-hydrogen) atoms. The molecule has 0 aromatic carbocycles. The normalized spacial score (nSPS) is 27.5. The Morgan fingerprint density at radius 3 is 2.11 bits per heavy atom. The van der Waals surface area contributed by atoms with Gasteiger partial charge in [0.15, 0.2) is 0 Å². The van der Waals surface area contributed by atoms with Gasteiger partial charge in [-0.1, -0.05) is 27.7 Å². The lowest BCUT2D eigenvalue weighted by Gasteiger charge is -2.38. The second-order valence-electron chi connectivity index (χ2n) is 6.76. The summed E-state index contributed by atoms with van der Waals surface area (Å²) in [5.41, 5.74) is 0. The fourth-order valence-corrected chi connectivity index (χ4v) is 3.72. The molecule has 0 aromatic rings. The first kappa shape index (κ1) is 17.0. The quantitative estimate of drug-likeness (QED) is 0.716. The fourth-order valence-electron chi connectivity index (χ4n) is 3.72. The largest absolute Gasteiger partial charge is 0.385 e. The summed E-state index contributed by atoms with van der Waals surface area (Å²) in [6, 6.07) is 0.688. The molecule has 0 aromatic heterocycles. The van der Waals surface area contributed by atoms with Crippen LogP contribution in [0.25, 0.3) is 0 Å². The Kier molecular flexibility index (Phi) is 8.01. The number of methoxy groups -OCH3 is 1. The molecule has 0 saturated heterocycles. The summed E-state index contributed by atoms with van der Waals surface area (Å²) >= 11 is 0. The van der Waals surface area contributed by atoms with Crippen LogP contribution < -0.4 is 5.32 Å². The van der Waals surface area contributed by atoms with Crippen LogP contribution >= 0.6 is 0 Å². The summed E-state index contributed by atoms with van der Waals surface area (Å²) in [6.07, 6.45) is 6.87. The van der Waals surface area contributed by atoms with E-state index in [1.807, 2.05) is 7.11 Å². The number of rotatable bonds is 8. The molecule has 1 fully saturated rings. The van der Waals surface area contributed by atoms with Crippen LogP contribution in [0.15, 0.2) is 0 Å². The first-order chi connectivity index (χ1) is 9.10. The molecule has 0 aliphatic heterocycles. The van der Waals surface area contributed by atoms with E-state index in [0.717, 1.165) is 36.8 Å². The molecule has 1 saturated carbocycles. The number of hydrogen-bond acceptors (Lipinski definition) is 2. The SMILES string of the molecule is CCNC(C(C)CCOC)C1CCC(C(C)C)CC1. The molecule has 2 heteroatoms. The summed E-state index contributed by atoms with van der Waals surface area (Å²) in [7, 11) is 1.81. The minimum atomic E-state index is 0.688. The molecule has 1 aliphatic carbocycles. The van der Waals surface area contributed by atoms with Gasteiger partial charge in [0.25, 0.3) is 0 Å². The van der Waals surface area contributed by atoms with Crippen molar-refractivity contribution in [3.8, 4) is 0 Å². The Labute approximate surface area is 120 Å². The van der Waals surface area contributed by atoms with Gasteiger partial charge in [-0.2, -0.15) is 0 Å². The Morgan fingerprint density at radius 1 is 1.05 bits per heavy atom. The highest BCUT2D eigenvalue weighted by Gasteiger charge is 2.30. The Bertz CT molecular complexity index is 221. The van der Waals surface area contributed by atoms with E-state index in [2.05, 4.69) is 33.0 Å². The molecular formula is C17H35NO. The molecule has 0 heterocycles. The van der Waals surface area contributed by atoms with Gasteiger partial charge in [-0.3, -0.25) is 0 Å². The molecule has 2 atom stereocenters. The van der Waals surface area contributed by atoms with Crippen LogP contribution in [0.5, 0.6) is 0 Å². The van der Waals surface area contributed by atoms with E-state index >= 15 is 0 Å².